The lowest BCUT2D eigenvalue weighted by atomic mass is 10.1. The molecule has 1 aromatic carbocycles. The van der Waals surface area contributed by atoms with E-state index in [-0.39, 0.29) is 11.7 Å². The molecule has 2 rings (SSSR count). The van der Waals surface area contributed by atoms with Gasteiger partial charge in [-0.05, 0) is 38.5 Å². The van der Waals surface area contributed by atoms with E-state index in [1.807, 2.05) is 25.1 Å². The van der Waals surface area contributed by atoms with Crippen molar-refractivity contribution in [1.29, 1.82) is 0 Å². The zero-order valence-corrected chi connectivity index (χ0v) is 13.2. The second-order valence-electron chi connectivity index (χ2n) is 5.47. The molecule has 0 fully saturated rings. The molecule has 7 heteroatoms. The lowest BCUT2D eigenvalue weighted by molar-refractivity contribution is -0.123. The van der Waals surface area contributed by atoms with Gasteiger partial charge in [-0.25, -0.2) is 9.59 Å². The largest absolute Gasteiger partial charge is 0.451 e. The molecule has 7 nitrogen and oxygen atoms in total. The van der Waals surface area contributed by atoms with Crippen molar-refractivity contribution in [3.8, 4) is 0 Å². The smallest absolute Gasteiger partial charge is 0.355 e. The topological polar surface area (TPSA) is 100 Å². The maximum absolute atomic E-state index is 12.0. The predicted octanol–water partition coefficient (Wildman–Crippen LogP) is 1.87. The first-order chi connectivity index (χ1) is 10.9. The minimum Gasteiger partial charge on any atom is -0.451 e. The first kappa shape index (κ1) is 16.5. The van der Waals surface area contributed by atoms with Crippen molar-refractivity contribution in [2.45, 2.75) is 26.8 Å². The van der Waals surface area contributed by atoms with E-state index < -0.39 is 24.5 Å². The molecular weight excluding hydrogens is 298 g/mol. The highest BCUT2D eigenvalue weighted by Crippen LogP contribution is 2.19. The fourth-order valence-corrected chi connectivity index (χ4v) is 2.09. The van der Waals surface area contributed by atoms with Gasteiger partial charge in [0.15, 0.2) is 6.61 Å². The molecule has 23 heavy (non-hydrogen) atoms. The third-order valence-corrected chi connectivity index (χ3v) is 3.11. The molecule has 0 aliphatic carbocycles. The van der Waals surface area contributed by atoms with Crippen molar-refractivity contribution < 1.29 is 19.1 Å². The fraction of sp³-hybridized carbons (Fsp3) is 0.312. The van der Waals surface area contributed by atoms with Crippen LogP contribution in [0.2, 0.25) is 0 Å². The van der Waals surface area contributed by atoms with Crippen LogP contribution in [0.15, 0.2) is 24.3 Å². The van der Waals surface area contributed by atoms with Crippen molar-refractivity contribution in [2.75, 3.05) is 6.61 Å². The lowest BCUT2D eigenvalue weighted by Crippen LogP contribution is -2.44. The Balaban J connectivity index is 1.92. The zero-order valence-electron chi connectivity index (χ0n) is 13.2. The van der Waals surface area contributed by atoms with Gasteiger partial charge in [-0.1, -0.05) is 12.1 Å². The molecule has 0 aliphatic heterocycles. The normalized spacial score (nSPS) is 10.6. The molecule has 1 heterocycles. The first-order valence-electron chi connectivity index (χ1n) is 7.22. The summed E-state index contributed by atoms with van der Waals surface area (Å²) >= 11 is 0. The van der Waals surface area contributed by atoms with Crippen molar-refractivity contribution in [3.63, 3.8) is 0 Å². The monoisotopic (exact) mass is 317 g/mol. The number of hydrogen-bond donors (Lipinski definition) is 3. The van der Waals surface area contributed by atoms with Gasteiger partial charge in [0.25, 0.3) is 5.91 Å². The SMILES string of the molecule is Cc1cccc2[nH]c(C(=O)OCC(=O)NC(=O)NC(C)C)cc12. The molecule has 122 valence electrons. The molecule has 0 unspecified atom stereocenters. The number of H-pyrrole nitrogens is 1. The van der Waals surface area contributed by atoms with Crippen LogP contribution in [0.4, 0.5) is 4.79 Å². The molecule has 1 aromatic heterocycles. The van der Waals surface area contributed by atoms with Crippen molar-refractivity contribution in [3.05, 3.63) is 35.5 Å². The molecule has 0 radical (unpaired) electrons. The number of aromatic amines is 1. The highest BCUT2D eigenvalue weighted by molar-refractivity contribution is 5.98. The zero-order chi connectivity index (χ0) is 17.0. The Labute approximate surface area is 133 Å². The summed E-state index contributed by atoms with van der Waals surface area (Å²) in [6.07, 6.45) is 0. The number of carbonyl (C=O) groups excluding carboxylic acids is 3. The van der Waals surface area contributed by atoms with Crippen molar-refractivity contribution in [2.24, 2.45) is 0 Å². The molecule has 0 aliphatic rings. The quantitative estimate of drug-likeness (QED) is 0.749. The van der Waals surface area contributed by atoms with Gasteiger partial charge < -0.3 is 15.0 Å². The number of nitrogens with one attached hydrogen (secondary N) is 3. The number of amides is 3. The number of fused-ring (bicyclic) bond motifs is 1. The van der Waals surface area contributed by atoms with Crippen molar-refractivity contribution in [1.82, 2.24) is 15.6 Å². The van der Waals surface area contributed by atoms with Gasteiger partial charge in [-0.3, -0.25) is 10.1 Å². The van der Waals surface area contributed by atoms with Gasteiger partial charge in [0.1, 0.15) is 5.69 Å². The summed E-state index contributed by atoms with van der Waals surface area (Å²) in [6, 6.07) is 6.62. The van der Waals surface area contributed by atoms with E-state index in [2.05, 4.69) is 15.6 Å². The van der Waals surface area contributed by atoms with Gasteiger partial charge in [0.2, 0.25) is 0 Å². The molecule has 0 bridgehead atoms. The highest BCUT2D eigenvalue weighted by atomic mass is 16.5. The van der Waals surface area contributed by atoms with Crippen LogP contribution >= 0.6 is 0 Å². The van der Waals surface area contributed by atoms with Crippen LogP contribution in [0.5, 0.6) is 0 Å². The number of esters is 1. The number of urea groups is 1. The Hall–Kier alpha value is -2.83. The number of aromatic nitrogens is 1. The van der Waals surface area contributed by atoms with E-state index in [1.165, 1.54) is 0 Å². The van der Waals surface area contributed by atoms with Crippen LogP contribution in [0.3, 0.4) is 0 Å². The number of hydrogen-bond acceptors (Lipinski definition) is 4. The summed E-state index contributed by atoms with van der Waals surface area (Å²) in [7, 11) is 0. The summed E-state index contributed by atoms with van der Waals surface area (Å²) < 4.78 is 4.90. The van der Waals surface area contributed by atoms with E-state index in [4.69, 9.17) is 4.74 Å². The standard InChI is InChI=1S/C16H19N3O4/c1-9(2)17-16(22)19-14(20)8-23-15(21)13-7-11-10(3)5-4-6-12(11)18-13/h4-7,9,18H,8H2,1-3H3,(H2,17,19,20,22). The van der Waals surface area contributed by atoms with Gasteiger partial charge in [0.05, 0.1) is 0 Å². The molecular formula is C16H19N3O4. The molecule has 3 N–H and O–H groups in total. The van der Waals surface area contributed by atoms with Gasteiger partial charge in [-0.15, -0.1) is 0 Å². The number of imide groups is 1. The molecule has 0 saturated carbocycles. The molecule has 2 aromatic rings. The van der Waals surface area contributed by atoms with E-state index in [0.717, 1.165) is 16.5 Å². The Kier molecular flexibility index (Phi) is 5.00. The molecule has 0 atom stereocenters. The number of carbonyl (C=O) groups is 3. The summed E-state index contributed by atoms with van der Waals surface area (Å²) in [5.41, 5.74) is 2.10. The van der Waals surface area contributed by atoms with Crippen LogP contribution in [0.25, 0.3) is 10.9 Å². The third-order valence-electron chi connectivity index (χ3n) is 3.11. The van der Waals surface area contributed by atoms with Crippen LogP contribution in [-0.4, -0.2) is 35.5 Å². The summed E-state index contributed by atoms with van der Waals surface area (Å²) in [5.74, 6) is -1.34. The Bertz CT molecular complexity index is 749. The maximum Gasteiger partial charge on any atom is 0.355 e. The summed E-state index contributed by atoms with van der Waals surface area (Å²) in [6.45, 7) is 4.94. The average molecular weight is 317 g/mol. The van der Waals surface area contributed by atoms with E-state index in [1.54, 1.807) is 19.9 Å². The second-order valence-corrected chi connectivity index (χ2v) is 5.47. The first-order valence-corrected chi connectivity index (χ1v) is 7.22. The van der Waals surface area contributed by atoms with Crippen LogP contribution in [0, 0.1) is 6.92 Å². The van der Waals surface area contributed by atoms with Crippen molar-refractivity contribution >= 4 is 28.8 Å². The van der Waals surface area contributed by atoms with E-state index in [9.17, 15) is 14.4 Å². The van der Waals surface area contributed by atoms with E-state index in [0.29, 0.717) is 0 Å². The number of ether oxygens (including phenoxy) is 1. The van der Waals surface area contributed by atoms with E-state index >= 15 is 0 Å². The Morgan fingerprint density at radius 2 is 2.00 bits per heavy atom. The maximum atomic E-state index is 12.0. The van der Waals surface area contributed by atoms with Gasteiger partial charge in [-0.2, -0.15) is 0 Å². The van der Waals surface area contributed by atoms with Crippen LogP contribution < -0.4 is 10.6 Å². The van der Waals surface area contributed by atoms with Gasteiger partial charge >= 0.3 is 12.0 Å². The fourth-order valence-electron chi connectivity index (χ4n) is 2.09. The predicted molar refractivity (Wildman–Crippen MR) is 85.1 cm³/mol. The highest BCUT2D eigenvalue weighted by Gasteiger charge is 2.15. The Morgan fingerprint density at radius 1 is 1.26 bits per heavy atom. The second kappa shape index (κ2) is 6.95. The van der Waals surface area contributed by atoms with Crippen LogP contribution in [-0.2, 0) is 9.53 Å². The third kappa shape index (κ3) is 4.32. The number of rotatable bonds is 4. The summed E-state index contributed by atoms with van der Waals surface area (Å²) in [5, 5.41) is 5.49. The number of aryl methyl sites for hydroxylation is 1. The minimum atomic E-state index is -0.691. The summed E-state index contributed by atoms with van der Waals surface area (Å²) in [4.78, 5) is 37.8. The van der Waals surface area contributed by atoms with Crippen LogP contribution in [0.1, 0.15) is 29.9 Å². The Morgan fingerprint density at radius 3 is 2.65 bits per heavy atom. The minimum absolute atomic E-state index is 0.0973. The lowest BCUT2D eigenvalue weighted by Gasteiger charge is -2.09. The number of benzene rings is 1. The molecule has 0 spiro atoms. The van der Waals surface area contributed by atoms with Gasteiger partial charge in [0, 0.05) is 16.9 Å². The molecule has 3 amide bonds. The average Bonchev–Trinajstić information content (AvgIpc) is 2.89. The molecule has 0 saturated heterocycles.